The molecule has 1 fully saturated rings. The van der Waals surface area contributed by atoms with E-state index >= 15 is 0 Å². The zero-order chi connectivity index (χ0) is 16.5. The molecule has 24 heavy (non-hydrogen) atoms. The Morgan fingerprint density at radius 1 is 1.29 bits per heavy atom. The van der Waals surface area contributed by atoms with E-state index in [1.54, 1.807) is 0 Å². The number of anilines is 1. The molecular formula is C19H24N4O. The molecule has 1 aromatic carbocycles. The number of carbonyl (C=O) groups excluding carboxylic acids is 1. The minimum absolute atomic E-state index is 0.0289. The summed E-state index contributed by atoms with van der Waals surface area (Å²) in [4.78, 5) is 12.8. The first-order valence-corrected chi connectivity index (χ1v) is 8.98. The van der Waals surface area contributed by atoms with Gasteiger partial charge in [0.2, 0.25) is 0 Å². The molecule has 1 amide bonds. The van der Waals surface area contributed by atoms with Crippen LogP contribution in [0.25, 0.3) is 0 Å². The lowest BCUT2D eigenvalue weighted by Crippen LogP contribution is -2.33. The standard InChI is InChI=1S/C19H24N4O/c1-2-15-17(19(24)20-14-10-6-7-11-14)18-21-16(12-23(18)22-15)13-8-4-3-5-9-13/h3-5,8-9,14,16,21H,2,6-7,10-12H2,1H3,(H,20,24)/t16-/m0/s1. The molecule has 126 valence electrons. The number of nitrogens with zero attached hydrogens (tertiary/aromatic N) is 2. The van der Waals surface area contributed by atoms with Gasteiger partial charge >= 0.3 is 0 Å². The summed E-state index contributed by atoms with van der Waals surface area (Å²) in [6.07, 6.45) is 5.39. The van der Waals surface area contributed by atoms with Crippen molar-refractivity contribution in [1.29, 1.82) is 0 Å². The molecule has 1 saturated carbocycles. The van der Waals surface area contributed by atoms with E-state index in [2.05, 4.69) is 34.8 Å². The van der Waals surface area contributed by atoms with Crippen LogP contribution in [0.1, 0.15) is 60.3 Å². The molecule has 0 saturated heterocycles. The van der Waals surface area contributed by atoms with Gasteiger partial charge in [-0.25, -0.2) is 4.68 Å². The average Bonchev–Trinajstić information content (AvgIpc) is 3.30. The maximum absolute atomic E-state index is 12.8. The van der Waals surface area contributed by atoms with Gasteiger partial charge in [-0.05, 0) is 24.8 Å². The molecule has 0 unspecified atom stereocenters. The van der Waals surface area contributed by atoms with E-state index in [0.717, 1.165) is 42.9 Å². The highest BCUT2D eigenvalue weighted by molar-refractivity contribution is 6.00. The van der Waals surface area contributed by atoms with Crippen LogP contribution in [0.4, 0.5) is 5.82 Å². The summed E-state index contributed by atoms with van der Waals surface area (Å²) in [6, 6.07) is 10.8. The molecule has 1 atom stereocenters. The van der Waals surface area contributed by atoms with Gasteiger partial charge < -0.3 is 10.6 Å². The second-order valence-electron chi connectivity index (χ2n) is 6.77. The quantitative estimate of drug-likeness (QED) is 0.907. The van der Waals surface area contributed by atoms with Gasteiger partial charge in [0, 0.05) is 6.04 Å². The van der Waals surface area contributed by atoms with Crippen LogP contribution in [0.15, 0.2) is 30.3 Å². The van der Waals surface area contributed by atoms with Gasteiger partial charge in [-0.3, -0.25) is 4.79 Å². The fourth-order valence-electron chi connectivity index (χ4n) is 3.86. The third-order valence-corrected chi connectivity index (χ3v) is 5.15. The van der Waals surface area contributed by atoms with Crippen LogP contribution < -0.4 is 10.6 Å². The van der Waals surface area contributed by atoms with Crippen molar-refractivity contribution in [2.45, 2.75) is 57.7 Å². The van der Waals surface area contributed by atoms with Gasteiger partial charge in [-0.2, -0.15) is 5.10 Å². The fourth-order valence-corrected chi connectivity index (χ4v) is 3.86. The van der Waals surface area contributed by atoms with Gasteiger partial charge in [-0.15, -0.1) is 0 Å². The van der Waals surface area contributed by atoms with E-state index in [4.69, 9.17) is 0 Å². The van der Waals surface area contributed by atoms with E-state index in [1.807, 2.05) is 22.9 Å². The average molecular weight is 324 g/mol. The molecule has 0 bridgehead atoms. The predicted octanol–water partition coefficient (Wildman–Crippen LogP) is 3.28. The maximum atomic E-state index is 12.8. The largest absolute Gasteiger partial charge is 0.361 e. The molecule has 4 rings (SSSR count). The highest BCUT2D eigenvalue weighted by atomic mass is 16.1. The number of amides is 1. The van der Waals surface area contributed by atoms with Gasteiger partial charge in [0.1, 0.15) is 11.4 Å². The normalized spacial score (nSPS) is 20.0. The van der Waals surface area contributed by atoms with Crippen molar-refractivity contribution in [3.63, 3.8) is 0 Å². The molecular weight excluding hydrogens is 300 g/mol. The van der Waals surface area contributed by atoms with Crippen LogP contribution in [0.3, 0.4) is 0 Å². The number of hydrogen-bond acceptors (Lipinski definition) is 3. The van der Waals surface area contributed by atoms with E-state index in [0.29, 0.717) is 6.04 Å². The van der Waals surface area contributed by atoms with Crippen LogP contribution in [0, 0.1) is 0 Å². The van der Waals surface area contributed by atoms with Crippen LogP contribution >= 0.6 is 0 Å². The predicted molar refractivity (Wildman–Crippen MR) is 94.1 cm³/mol. The number of rotatable bonds is 4. The van der Waals surface area contributed by atoms with Crippen LogP contribution in [0.5, 0.6) is 0 Å². The molecule has 5 heteroatoms. The first-order valence-electron chi connectivity index (χ1n) is 8.98. The second kappa shape index (κ2) is 6.30. The van der Waals surface area contributed by atoms with E-state index in [1.165, 1.54) is 18.4 Å². The Labute approximate surface area is 142 Å². The SMILES string of the molecule is CCc1nn2c(c1C(=O)NC1CCCC1)N[C@H](c1ccccc1)C2. The number of carbonyl (C=O) groups is 1. The minimum Gasteiger partial charge on any atom is -0.361 e. The molecule has 2 N–H and O–H groups in total. The lowest BCUT2D eigenvalue weighted by atomic mass is 10.1. The van der Waals surface area contributed by atoms with E-state index in [-0.39, 0.29) is 11.9 Å². The molecule has 1 aliphatic heterocycles. The molecule has 0 spiro atoms. The van der Waals surface area contributed by atoms with Crippen molar-refractivity contribution in [1.82, 2.24) is 15.1 Å². The number of benzene rings is 1. The number of aryl methyl sites for hydroxylation is 1. The molecule has 2 aromatic rings. The lowest BCUT2D eigenvalue weighted by Gasteiger charge is -2.14. The zero-order valence-corrected chi connectivity index (χ0v) is 14.1. The molecule has 5 nitrogen and oxygen atoms in total. The number of nitrogens with one attached hydrogen (secondary N) is 2. The Hall–Kier alpha value is -2.30. The van der Waals surface area contributed by atoms with E-state index in [9.17, 15) is 4.79 Å². The van der Waals surface area contributed by atoms with Crippen LogP contribution in [-0.4, -0.2) is 21.7 Å². The highest BCUT2D eigenvalue weighted by Crippen LogP contribution is 2.33. The summed E-state index contributed by atoms with van der Waals surface area (Å²) in [5.41, 5.74) is 2.85. The Balaban J connectivity index is 1.59. The second-order valence-corrected chi connectivity index (χ2v) is 6.77. The van der Waals surface area contributed by atoms with Gasteiger partial charge in [0.25, 0.3) is 5.91 Å². The Bertz CT molecular complexity index is 731. The van der Waals surface area contributed by atoms with Crippen molar-refractivity contribution in [2.24, 2.45) is 0 Å². The van der Waals surface area contributed by atoms with Crippen molar-refractivity contribution in [2.75, 3.05) is 5.32 Å². The van der Waals surface area contributed by atoms with Crippen molar-refractivity contribution < 1.29 is 4.79 Å². The van der Waals surface area contributed by atoms with Gasteiger partial charge in [-0.1, -0.05) is 50.1 Å². The smallest absolute Gasteiger partial charge is 0.257 e. The Morgan fingerprint density at radius 3 is 2.75 bits per heavy atom. The van der Waals surface area contributed by atoms with Gasteiger partial charge in [0.15, 0.2) is 0 Å². The Kier molecular flexibility index (Phi) is 4.00. The number of aromatic nitrogens is 2. The summed E-state index contributed by atoms with van der Waals surface area (Å²) in [5, 5.41) is 11.4. The molecule has 0 radical (unpaired) electrons. The van der Waals surface area contributed by atoms with Gasteiger partial charge in [0.05, 0.1) is 18.3 Å². The first kappa shape index (κ1) is 15.2. The summed E-state index contributed by atoms with van der Waals surface area (Å²) in [7, 11) is 0. The summed E-state index contributed by atoms with van der Waals surface area (Å²) < 4.78 is 1.96. The number of hydrogen-bond donors (Lipinski definition) is 2. The zero-order valence-electron chi connectivity index (χ0n) is 14.1. The van der Waals surface area contributed by atoms with Crippen molar-refractivity contribution >= 4 is 11.7 Å². The molecule has 1 aromatic heterocycles. The summed E-state index contributed by atoms with van der Waals surface area (Å²) >= 11 is 0. The van der Waals surface area contributed by atoms with Crippen LogP contribution in [0.2, 0.25) is 0 Å². The lowest BCUT2D eigenvalue weighted by molar-refractivity contribution is 0.0938. The van der Waals surface area contributed by atoms with Crippen LogP contribution in [-0.2, 0) is 13.0 Å². The maximum Gasteiger partial charge on any atom is 0.257 e. The Morgan fingerprint density at radius 2 is 2.04 bits per heavy atom. The number of fused-ring (bicyclic) bond motifs is 1. The topological polar surface area (TPSA) is 59.0 Å². The third-order valence-electron chi connectivity index (χ3n) is 5.15. The third kappa shape index (κ3) is 2.68. The molecule has 2 aliphatic rings. The minimum atomic E-state index is 0.0289. The van der Waals surface area contributed by atoms with E-state index < -0.39 is 0 Å². The molecule has 2 heterocycles. The first-order chi connectivity index (χ1) is 11.8. The van der Waals surface area contributed by atoms with Crippen molar-refractivity contribution in [3.05, 3.63) is 47.2 Å². The molecule has 1 aliphatic carbocycles. The fraction of sp³-hybridized carbons (Fsp3) is 0.474. The highest BCUT2D eigenvalue weighted by Gasteiger charge is 2.32. The van der Waals surface area contributed by atoms with Crippen molar-refractivity contribution in [3.8, 4) is 0 Å². The monoisotopic (exact) mass is 324 g/mol. The summed E-state index contributed by atoms with van der Waals surface area (Å²) in [5.74, 6) is 0.900. The summed E-state index contributed by atoms with van der Waals surface area (Å²) in [6.45, 7) is 2.82.